The van der Waals surface area contributed by atoms with Crippen molar-refractivity contribution in [3.05, 3.63) is 24.0 Å². The third-order valence-electron chi connectivity index (χ3n) is 1.90. The summed E-state index contributed by atoms with van der Waals surface area (Å²) in [5, 5.41) is 22.2. The highest BCUT2D eigenvalue weighted by Crippen LogP contribution is 1.95. The van der Waals surface area contributed by atoms with Crippen molar-refractivity contribution in [3.63, 3.8) is 0 Å². The van der Waals surface area contributed by atoms with Crippen molar-refractivity contribution in [1.29, 1.82) is 0 Å². The first-order chi connectivity index (χ1) is 7.22. The Labute approximate surface area is 88.2 Å². The molecule has 1 unspecified atom stereocenters. The number of rotatable bonds is 5. The van der Waals surface area contributed by atoms with E-state index in [0.717, 1.165) is 5.69 Å². The molecule has 0 radical (unpaired) electrons. The minimum Gasteiger partial charge on any atom is -0.409 e. The Balaban J connectivity index is 2.31. The Hall–Kier alpha value is -1.69. The Morgan fingerprint density at radius 1 is 1.73 bits per heavy atom. The summed E-state index contributed by atoms with van der Waals surface area (Å²) in [4.78, 5) is 0. The monoisotopic (exact) mass is 209 g/mol. The molecule has 0 saturated carbocycles. The lowest BCUT2D eigenvalue weighted by Gasteiger charge is -2.11. The summed E-state index contributed by atoms with van der Waals surface area (Å²) in [5.41, 5.74) is 6.24. The van der Waals surface area contributed by atoms with Crippen LogP contribution in [-0.2, 0) is 6.54 Å². The normalized spacial score (nSPS) is 13.8. The molecule has 1 rings (SSSR count). The predicted octanol–water partition coefficient (Wildman–Crippen LogP) is 0.0912. The predicted molar refractivity (Wildman–Crippen MR) is 56.4 cm³/mol. The SMILES string of the molecule is CC(C/C(N)=N/O)NCc1cccnn1. The second-order valence-electron chi connectivity index (χ2n) is 3.29. The van der Waals surface area contributed by atoms with Gasteiger partial charge in [-0.15, -0.1) is 0 Å². The van der Waals surface area contributed by atoms with Gasteiger partial charge in [-0.05, 0) is 19.1 Å². The minimum absolute atomic E-state index is 0.128. The number of nitrogens with one attached hydrogen (secondary N) is 1. The van der Waals surface area contributed by atoms with Crippen LogP contribution in [0.15, 0.2) is 23.5 Å². The van der Waals surface area contributed by atoms with E-state index in [1.54, 1.807) is 6.20 Å². The molecular weight excluding hydrogens is 194 g/mol. The van der Waals surface area contributed by atoms with Crippen molar-refractivity contribution in [2.75, 3.05) is 0 Å². The van der Waals surface area contributed by atoms with Crippen LogP contribution in [0.4, 0.5) is 0 Å². The maximum Gasteiger partial charge on any atom is 0.140 e. The molecule has 0 spiro atoms. The second-order valence-corrected chi connectivity index (χ2v) is 3.29. The van der Waals surface area contributed by atoms with Crippen molar-refractivity contribution >= 4 is 5.84 Å². The third-order valence-corrected chi connectivity index (χ3v) is 1.90. The van der Waals surface area contributed by atoms with E-state index in [-0.39, 0.29) is 11.9 Å². The topological polar surface area (TPSA) is 96.4 Å². The van der Waals surface area contributed by atoms with Crippen LogP contribution in [-0.4, -0.2) is 27.3 Å². The summed E-state index contributed by atoms with van der Waals surface area (Å²) < 4.78 is 0. The zero-order valence-electron chi connectivity index (χ0n) is 8.59. The van der Waals surface area contributed by atoms with Crippen LogP contribution >= 0.6 is 0 Å². The summed E-state index contributed by atoms with van der Waals surface area (Å²) >= 11 is 0. The minimum atomic E-state index is 0.128. The van der Waals surface area contributed by atoms with E-state index < -0.39 is 0 Å². The van der Waals surface area contributed by atoms with Crippen molar-refractivity contribution in [2.45, 2.75) is 25.9 Å². The van der Waals surface area contributed by atoms with Crippen LogP contribution < -0.4 is 11.1 Å². The van der Waals surface area contributed by atoms with Gasteiger partial charge in [-0.3, -0.25) is 0 Å². The molecule has 6 heteroatoms. The van der Waals surface area contributed by atoms with Gasteiger partial charge in [-0.2, -0.15) is 10.2 Å². The molecule has 15 heavy (non-hydrogen) atoms. The highest BCUT2D eigenvalue weighted by molar-refractivity contribution is 5.80. The Bertz CT molecular complexity index is 314. The molecule has 1 atom stereocenters. The molecule has 0 bridgehead atoms. The fourth-order valence-corrected chi connectivity index (χ4v) is 1.13. The van der Waals surface area contributed by atoms with Crippen LogP contribution in [0.3, 0.4) is 0 Å². The summed E-state index contributed by atoms with van der Waals surface area (Å²) in [6, 6.07) is 3.84. The van der Waals surface area contributed by atoms with Gasteiger partial charge in [0.25, 0.3) is 0 Å². The van der Waals surface area contributed by atoms with Crippen LogP contribution in [0.25, 0.3) is 0 Å². The number of nitrogens with two attached hydrogens (primary N) is 1. The fourth-order valence-electron chi connectivity index (χ4n) is 1.13. The van der Waals surface area contributed by atoms with Gasteiger partial charge in [0.05, 0.1) is 5.69 Å². The Morgan fingerprint density at radius 3 is 3.13 bits per heavy atom. The van der Waals surface area contributed by atoms with Gasteiger partial charge in [0, 0.05) is 25.2 Å². The van der Waals surface area contributed by atoms with Crippen molar-refractivity contribution in [3.8, 4) is 0 Å². The molecule has 0 saturated heterocycles. The largest absolute Gasteiger partial charge is 0.409 e. The molecule has 0 aliphatic heterocycles. The number of hydrogen-bond acceptors (Lipinski definition) is 5. The van der Waals surface area contributed by atoms with Gasteiger partial charge < -0.3 is 16.3 Å². The van der Waals surface area contributed by atoms with Gasteiger partial charge in [0.1, 0.15) is 5.84 Å². The van der Waals surface area contributed by atoms with Crippen LogP contribution in [0, 0.1) is 0 Å². The average molecular weight is 209 g/mol. The Morgan fingerprint density at radius 2 is 2.53 bits per heavy atom. The van der Waals surface area contributed by atoms with Crippen molar-refractivity contribution < 1.29 is 5.21 Å². The number of hydrogen-bond donors (Lipinski definition) is 3. The zero-order chi connectivity index (χ0) is 11.1. The third kappa shape index (κ3) is 4.37. The molecule has 0 fully saturated rings. The molecule has 1 heterocycles. The summed E-state index contributed by atoms with van der Waals surface area (Å²) in [6.07, 6.45) is 2.13. The molecule has 1 aromatic heterocycles. The van der Waals surface area contributed by atoms with Gasteiger partial charge in [-0.25, -0.2) is 0 Å². The van der Waals surface area contributed by atoms with Gasteiger partial charge in [0.2, 0.25) is 0 Å². The van der Waals surface area contributed by atoms with E-state index in [1.165, 1.54) is 0 Å². The summed E-state index contributed by atoms with van der Waals surface area (Å²) in [7, 11) is 0. The highest BCUT2D eigenvalue weighted by Gasteiger charge is 2.04. The molecule has 0 aliphatic rings. The van der Waals surface area contributed by atoms with Gasteiger partial charge in [-0.1, -0.05) is 5.16 Å². The van der Waals surface area contributed by atoms with E-state index in [9.17, 15) is 0 Å². The molecule has 6 nitrogen and oxygen atoms in total. The molecule has 4 N–H and O–H groups in total. The van der Waals surface area contributed by atoms with Gasteiger partial charge >= 0.3 is 0 Å². The van der Waals surface area contributed by atoms with E-state index >= 15 is 0 Å². The van der Waals surface area contributed by atoms with Crippen molar-refractivity contribution in [1.82, 2.24) is 15.5 Å². The molecule has 1 aromatic rings. The zero-order valence-corrected chi connectivity index (χ0v) is 8.59. The molecule has 82 valence electrons. The molecule has 0 aliphatic carbocycles. The van der Waals surface area contributed by atoms with Crippen LogP contribution in [0.5, 0.6) is 0 Å². The standard InChI is InChI=1S/C9H15N5O/c1-7(5-9(10)14-15)11-6-8-3-2-4-12-13-8/h2-4,7,11,15H,5-6H2,1H3,(H2,10,14). The van der Waals surface area contributed by atoms with E-state index in [2.05, 4.69) is 20.7 Å². The molecular formula is C9H15N5O. The lowest BCUT2D eigenvalue weighted by atomic mass is 10.2. The first-order valence-corrected chi connectivity index (χ1v) is 4.68. The molecule has 0 amide bonds. The van der Waals surface area contributed by atoms with E-state index in [0.29, 0.717) is 13.0 Å². The maximum atomic E-state index is 8.38. The lowest BCUT2D eigenvalue weighted by molar-refractivity contribution is 0.315. The number of oxime groups is 1. The average Bonchev–Trinajstić information content (AvgIpc) is 2.27. The first-order valence-electron chi connectivity index (χ1n) is 4.68. The number of nitrogens with zero attached hydrogens (tertiary/aromatic N) is 3. The van der Waals surface area contributed by atoms with E-state index in [1.807, 2.05) is 19.1 Å². The molecule has 0 aromatic carbocycles. The number of amidine groups is 1. The summed E-state index contributed by atoms with van der Waals surface area (Å²) in [5.74, 6) is 0.217. The van der Waals surface area contributed by atoms with E-state index in [4.69, 9.17) is 10.9 Å². The smallest absolute Gasteiger partial charge is 0.140 e. The lowest BCUT2D eigenvalue weighted by Crippen LogP contribution is -2.31. The van der Waals surface area contributed by atoms with Crippen LogP contribution in [0.1, 0.15) is 19.0 Å². The quantitative estimate of drug-likeness (QED) is 0.276. The van der Waals surface area contributed by atoms with Crippen LogP contribution in [0.2, 0.25) is 0 Å². The summed E-state index contributed by atoms with van der Waals surface area (Å²) in [6.45, 7) is 2.57. The Kier molecular flexibility index (Phi) is 4.49. The highest BCUT2D eigenvalue weighted by atomic mass is 16.4. The second kappa shape index (κ2) is 5.92. The maximum absolute atomic E-state index is 8.38. The van der Waals surface area contributed by atoms with Gasteiger partial charge in [0.15, 0.2) is 0 Å². The fraction of sp³-hybridized carbons (Fsp3) is 0.444. The van der Waals surface area contributed by atoms with Crippen molar-refractivity contribution in [2.24, 2.45) is 10.9 Å². The first kappa shape index (κ1) is 11.4. The number of aromatic nitrogens is 2.